The Labute approximate surface area is 149 Å². The molecule has 3 aromatic carbocycles. The molecule has 0 saturated heterocycles. The monoisotopic (exact) mass is 462 g/mol. The van der Waals surface area contributed by atoms with Gasteiger partial charge >= 0.3 is 149 Å². The zero-order valence-electron chi connectivity index (χ0n) is 12.1. The Morgan fingerprint density at radius 3 is 1.04 bits per heavy atom. The number of hydrogen-bond donors (Lipinski definition) is 0. The van der Waals surface area contributed by atoms with Crippen molar-refractivity contribution in [1.82, 2.24) is 0 Å². The molecule has 0 aliphatic rings. The third kappa shape index (κ3) is 3.57. The Kier molecular flexibility index (Phi) is 5.42. The first-order valence-electron chi connectivity index (χ1n) is 6.89. The Morgan fingerprint density at radius 1 is 0.458 bits per heavy atom. The predicted octanol–water partition coefficient (Wildman–Crippen LogP) is 1.55. The molecule has 0 aromatic heterocycles. The summed E-state index contributed by atoms with van der Waals surface area (Å²) in [6.07, 6.45) is 0. The van der Waals surface area contributed by atoms with Crippen molar-refractivity contribution in [1.29, 1.82) is 0 Å². The van der Waals surface area contributed by atoms with E-state index in [-0.39, 0.29) is 0 Å². The molecule has 3 rings (SSSR count). The van der Waals surface area contributed by atoms with Crippen LogP contribution in [-0.2, 0) is 0 Å². The van der Waals surface area contributed by atoms with Crippen LogP contribution in [0.5, 0.6) is 0 Å². The van der Waals surface area contributed by atoms with Crippen LogP contribution in [0.25, 0.3) is 0 Å². The van der Waals surface area contributed by atoms with Gasteiger partial charge in [-0.25, -0.2) is 0 Å². The van der Waals surface area contributed by atoms with Crippen molar-refractivity contribution in [2.75, 3.05) is 0 Å². The summed E-state index contributed by atoms with van der Waals surface area (Å²) in [5, 5.41) is 0. The number of benzene rings is 3. The van der Waals surface area contributed by atoms with E-state index in [1.807, 2.05) is 0 Å². The Morgan fingerprint density at radius 2 is 0.750 bits per heavy atom. The minimum absolute atomic E-state index is 0.517. The molecule has 0 unspecified atom stereocenters. The fourth-order valence-electron chi connectivity index (χ4n) is 1.98. The Hall–Kier alpha value is -1.58. The molecular weight excluding hydrogens is 450 g/mol. The zero-order valence-corrected chi connectivity index (χ0v) is 15.5. The summed E-state index contributed by atoms with van der Waals surface area (Å²) in [6.45, 7) is 0. The van der Waals surface area contributed by atoms with Crippen molar-refractivity contribution in [3.05, 3.63) is 83.9 Å². The minimum atomic E-state index is -1.29. The quantitative estimate of drug-likeness (QED) is 0.315. The van der Waals surface area contributed by atoms with Gasteiger partial charge in [0.2, 0.25) is 0 Å². The molecule has 0 spiro atoms. The van der Waals surface area contributed by atoms with Gasteiger partial charge < -0.3 is 0 Å². The molecule has 0 saturated carbocycles. The number of halogens is 4. The maximum absolute atomic E-state index is 14.3. The molecule has 6 heteroatoms. The van der Waals surface area contributed by atoms with Crippen molar-refractivity contribution in [2.24, 2.45) is 0 Å². The van der Waals surface area contributed by atoms with E-state index in [0.717, 1.165) is 0 Å². The molecule has 0 nitrogen and oxygen atoms in total. The summed E-state index contributed by atoms with van der Waals surface area (Å²) in [6, 6.07) is 17.1. The van der Waals surface area contributed by atoms with Gasteiger partial charge in [0.15, 0.2) is 0 Å². The van der Waals surface area contributed by atoms with Gasteiger partial charge in [0.1, 0.15) is 0 Å². The summed E-state index contributed by atoms with van der Waals surface area (Å²) in [5.41, 5.74) is 0. The van der Waals surface area contributed by atoms with Crippen molar-refractivity contribution in [3.8, 4) is 0 Å². The first kappa shape index (κ1) is 17.2. The van der Waals surface area contributed by atoms with Crippen LogP contribution in [0.1, 0.15) is 0 Å². The average Bonchev–Trinajstić information content (AvgIpc) is 2.62. The molecule has 122 valence electrons. The van der Waals surface area contributed by atoms with Crippen LogP contribution in [0.4, 0.5) is 17.6 Å². The van der Waals surface area contributed by atoms with Gasteiger partial charge in [0.05, 0.1) is 0 Å². The van der Waals surface area contributed by atoms with Crippen molar-refractivity contribution < 1.29 is 17.6 Å². The molecule has 0 amide bonds. The summed E-state index contributed by atoms with van der Waals surface area (Å²) >= 11 is -1.70. The summed E-state index contributed by atoms with van der Waals surface area (Å²) in [7, 11) is 0. The molecule has 0 aliphatic heterocycles. The average molecular weight is 460 g/mol. The van der Waals surface area contributed by atoms with Crippen LogP contribution >= 0.6 is 0 Å². The number of rotatable bonds is 4. The third-order valence-electron chi connectivity index (χ3n) is 3.11. The van der Waals surface area contributed by atoms with Crippen LogP contribution in [-0.4, -0.2) is 29.9 Å². The molecule has 3 aromatic rings. The van der Waals surface area contributed by atoms with E-state index in [1.54, 1.807) is 60.7 Å². The van der Waals surface area contributed by atoms with Gasteiger partial charge in [-0.3, -0.25) is 0 Å². The summed E-state index contributed by atoms with van der Waals surface area (Å²) in [4.78, 5) is 0. The molecule has 0 bridgehead atoms. The van der Waals surface area contributed by atoms with Crippen LogP contribution in [0.3, 0.4) is 0 Å². The molecule has 0 heterocycles. The van der Waals surface area contributed by atoms with Gasteiger partial charge in [0, 0.05) is 0 Å². The summed E-state index contributed by atoms with van der Waals surface area (Å²) in [5.74, 6) is -5.15. The number of hydrogen-bond acceptors (Lipinski definition) is 0. The Balaban J connectivity index is 2.02. The SMILES string of the molecule is Fc1c(F)c([Se]c2ccccc2)c(F)c(F)c1[Se]c1ccccc1. The summed E-state index contributed by atoms with van der Waals surface area (Å²) < 4.78 is 57.6. The van der Waals surface area contributed by atoms with Gasteiger partial charge in [-0.2, -0.15) is 0 Å². The first-order valence-corrected chi connectivity index (χ1v) is 10.3. The molecule has 0 radical (unpaired) electrons. The molecule has 0 N–H and O–H groups in total. The van der Waals surface area contributed by atoms with E-state index in [4.69, 9.17) is 0 Å². The molecule has 0 aliphatic carbocycles. The topological polar surface area (TPSA) is 0 Å². The van der Waals surface area contributed by atoms with Crippen LogP contribution in [0.2, 0.25) is 0 Å². The molecule has 0 fully saturated rings. The van der Waals surface area contributed by atoms with Gasteiger partial charge in [-0.1, -0.05) is 0 Å². The fraction of sp³-hybridized carbons (Fsp3) is 0. The maximum atomic E-state index is 14.3. The van der Waals surface area contributed by atoms with Crippen LogP contribution < -0.4 is 17.8 Å². The molecule has 0 atom stereocenters. The molecular formula is C18H10F4Se2. The van der Waals surface area contributed by atoms with Crippen molar-refractivity contribution in [3.63, 3.8) is 0 Å². The normalized spacial score (nSPS) is 10.8. The van der Waals surface area contributed by atoms with Crippen molar-refractivity contribution >= 4 is 47.8 Å². The second kappa shape index (κ2) is 7.54. The van der Waals surface area contributed by atoms with E-state index in [1.165, 1.54) is 0 Å². The van der Waals surface area contributed by atoms with E-state index in [0.29, 0.717) is 8.92 Å². The predicted molar refractivity (Wildman–Crippen MR) is 89.2 cm³/mol. The third-order valence-corrected chi connectivity index (χ3v) is 7.60. The van der Waals surface area contributed by atoms with Crippen molar-refractivity contribution in [2.45, 2.75) is 0 Å². The zero-order chi connectivity index (χ0) is 17.1. The van der Waals surface area contributed by atoms with E-state index >= 15 is 0 Å². The second-order valence-corrected chi connectivity index (χ2v) is 9.29. The van der Waals surface area contributed by atoms with E-state index in [2.05, 4.69) is 0 Å². The van der Waals surface area contributed by atoms with Gasteiger partial charge in [-0.05, 0) is 0 Å². The van der Waals surface area contributed by atoms with E-state index in [9.17, 15) is 17.6 Å². The molecule has 24 heavy (non-hydrogen) atoms. The van der Waals surface area contributed by atoms with Gasteiger partial charge in [0.25, 0.3) is 0 Å². The Bertz CT molecular complexity index is 750. The van der Waals surface area contributed by atoms with E-state index < -0.39 is 62.1 Å². The van der Waals surface area contributed by atoms with Crippen LogP contribution in [0, 0.1) is 23.3 Å². The second-order valence-electron chi connectivity index (χ2n) is 4.74. The fourth-order valence-corrected chi connectivity index (χ4v) is 5.71. The standard InChI is InChI=1S/C18H10F4Se2/c19-13-15(21)18(24-12-9-5-2-6-10-12)16(22)14(20)17(13)23-11-7-3-1-4-8-11/h1-10H. The first-order chi connectivity index (χ1) is 11.6. The van der Waals surface area contributed by atoms with Crippen LogP contribution in [0.15, 0.2) is 60.7 Å². The van der Waals surface area contributed by atoms with Gasteiger partial charge in [-0.15, -0.1) is 0 Å².